The number of rotatable bonds is 3. The Morgan fingerprint density at radius 2 is 1.95 bits per heavy atom. The van der Waals surface area contributed by atoms with Crippen LogP contribution in [-0.2, 0) is 4.79 Å². The van der Waals surface area contributed by atoms with Crippen molar-refractivity contribution in [1.82, 2.24) is 5.32 Å². The molecule has 8 heteroatoms. The lowest BCUT2D eigenvalue weighted by atomic mass is 10.0. The molecule has 1 aliphatic rings. The van der Waals surface area contributed by atoms with E-state index in [0.717, 1.165) is 12.5 Å². The normalized spacial score (nSPS) is 16.8. The van der Waals surface area contributed by atoms with Crippen LogP contribution in [0, 0.1) is 20.2 Å². The van der Waals surface area contributed by atoms with E-state index < -0.39 is 21.2 Å². The lowest BCUT2D eigenvalue weighted by Gasteiger charge is -2.14. The monoisotopic (exact) mass is 277 g/mol. The largest absolute Gasteiger partial charge is 0.353 e. The minimum absolute atomic E-state index is 0.0660. The molecule has 1 N–H and O–H groups in total. The van der Waals surface area contributed by atoms with Crippen molar-refractivity contribution in [3.8, 4) is 0 Å². The van der Waals surface area contributed by atoms with Crippen LogP contribution in [0.4, 0.5) is 11.4 Å². The summed E-state index contributed by atoms with van der Waals surface area (Å²) in [7, 11) is 0. The summed E-state index contributed by atoms with van der Waals surface area (Å²) in [4.78, 5) is 31.9. The first kappa shape index (κ1) is 13.7. The van der Waals surface area contributed by atoms with Gasteiger partial charge in [-0.3, -0.25) is 25.0 Å². The first-order valence-electron chi connectivity index (χ1n) is 5.91. The third-order valence-corrected chi connectivity index (χ3v) is 2.96. The van der Waals surface area contributed by atoms with Crippen LogP contribution in [0.1, 0.15) is 18.4 Å². The van der Waals surface area contributed by atoms with Gasteiger partial charge in [-0.1, -0.05) is 6.07 Å². The van der Waals surface area contributed by atoms with E-state index in [4.69, 9.17) is 0 Å². The summed E-state index contributed by atoms with van der Waals surface area (Å²) < 4.78 is 0. The molecule has 1 aromatic carbocycles. The van der Waals surface area contributed by atoms with Crippen molar-refractivity contribution in [3.63, 3.8) is 0 Å². The first-order valence-corrected chi connectivity index (χ1v) is 5.91. The zero-order valence-electron chi connectivity index (χ0n) is 10.4. The van der Waals surface area contributed by atoms with Gasteiger partial charge in [0.2, 0.25) is 5.91 Å². The second kappa shape index (κ2) is 5.47. The van der Waals surface area contributed by atoms with Gasteiger partial charge in [-0.2, -0.15) is 0 Å². The van der Waals surface area contributed by atoms with Gasteiger partial charge in [0.1, 0.15) is 0 Å². The molecule has 2 rings (SSSR count). The van der Waals surface area contributed by atoms with E-state index in [-0.39, 0.29) is 11.5 Å². The van der Waals surface area contributed by atoms with Gasteiger partial charge in [0.15, 0.2) is 0 Å². The van der Waals surface area contributed by atoms with E-state index in [2.05, 4.69) is 5.32 Å². The molecular weight excluding hydrogens is 266 g/mol. The summed E-state index contributed by atoms with van der Waals surface area (Å²) in [5.41, 5.74) is -0.722. The van der Waals surface area contributed by atoms with E-state index in [1.807, 2.05) is 0 Å². The number of nitrogens with zero attached hydrogens (tertiary/aromatic N) is 2. The molecule has 20 heavy (non-hydrogen) atoms. The van der Waals surface area contributed by atoms with Crippen LogP contribution in [0.25, 0.3) is 6.08 Å². The molecule has 0 atom stereocenters. The van der Waals surface area contributed by atoms with Crippen LogP contribution in [-0.4, -0.2) is 22.3 Å². The van der Waals surface area contributed by atoms with Crippen molar-refractivity contribution in [2.75, 3.05) is 6.54 Å². The molecule has 1 amide bonds. The summed E-state index contributed by atoms with van der Waals surface area (Å²) in [5.74, 6) is -0.294. The maximum absolute atomic E-state index is 11.6. The molecule has 0 unspecified atom stereocenters. The van der Waals surface area contributed by atoms with Crippen molar-refractivity contribution in [2.24, 2.45) is 0 Å². The Labute approximate surface area is 113 Å². The Kier molecular flexibility index (Phi) is 3.74. The molecule has 1 aromatic rings. The Morgan fingerprint density at radius 1 is 1.20 bits per heavy atom. The van der Waals surface area contributed by atoms with Crippen LogP contribution < -0.4 is 5.32 Å². The van der Waals surface area contributed by atoms with Gasteiger partial charge in [0.05, 0.1) is 15.4 Å². The number of hydrogen-bond acceptors (Lipinski definition) is 5. The predicted octanol–water partition coefficient (Wildman–Crippen LogP) is 1.80. The number of carbonyl (C=O) groups excluding carboxylic acids is 1. The van der Waals surface area contributed by atoms with Crippen LogP contribution in [0.5, 0.6) is 0 Å². The molecule has 1 fully saturated rings. The van der Waals surface area contributed by atoms with Crippen molar-refractivity contribution in [3.05, 3.63) is 49.6 Å². The number of para-hydroxylation sites is 1. The fourth-order valence-corrected chi connectivity index (χ4v) is 2.04. The average molecular weight is 277 g/mol. The van der Waals surface area contributed by atoms with Gasteiger partial charge < -0.3 is 5.32 Å². The standard InChI is InChI=1S/C12H11N3O5/c16-12-9(4-2-6-13-12)7-8-3-1-5-10(14(17)18)11(8)15(19)20/h1,3,5,7H,2,4,6H2,(H,13,16)/b9-7+. The summed E-state index contributed by atoms with van der Waals surface area (Å²) in [6.45, 7) is 0.563. The van der Waals surface area contributed by atoms with Crippen molar-refractivity contribution < 1.29 is 14.6 Å². The van der Waals surface area contributed by atoms with Crippen molar-refractivity contribution in [2.45, 2.75) is 12.8 Å². The molecule has 104 valence electrons. The van der Waals surface area contributed by atoms with Gasteiger partial charge in [-0.15, -0.1) is 0 Å². The molecule has 0 bridgehead atoms. The van der Waals surface area contributed by atoms with Gasteiger partial charge >= 0.3 is 11.4 Å². The van der Waals surface area contributed by atoms with Gasteiger partial charge in [-0.05, 0) is 25.0 Å². The Bertz CT molecular complexity index is 624. The molecule has 1 heterocycles. The minimum atomic E-state index is -0.804. The van der Waals surface area contributed by atoms with Crippen molar-refractivity contribution in [1.29, 1.82) is 0 Å². The highest BCUT2D eigenvalue weighted by Gasteiger charge is 2.27. The summed E-state index contributed by atoms with van der Waals surface area (Å²) >= 11 is 0. The van der Waals surface area contributed by atoms with E-state index in [1.54, 1.807) is 0 Å². The maximum atomic E-state index is 11.6. The first-order chi connectivity index (χ1) is 9.50. The molecule has 0 aromatic heterocycles. The fourth-order valence-electron chi connectivity index (χ4n) is 2.04. The topological polar surface area (TPSA) is 115 Å². The van der Waals surface area contributed by atoms with Gasteiger partial charge in [-0.25, -0.2) is 0 Å². The van der Waals surface area contributed by atoms with Crippen LogP contribution in [0.3, 0.4) is 0 Å². The number of nitrogens with one attached hydrogen (secondary N) is 1. The third-order valence-electron chi connectivity index (χ3n) is 2.96. The molecule has 1 saturated heterocycles. The van der Waals surface area contributed by atoms with E-state index >= 15 is 0 Å². The summed E-state index contributed by atoms with van der Waals surface area (Å²) in [5, 5.41) is 24.5. The van der Waals surface area contributed by atoms with Gasteiger partial charge in [0, 0.05) is 18.2 Å². The molecule has 0 aliphatic carbocycles. The zero-order chi connectivity index (χ0) is 14.7. The number of hydrogen-bond donors (Lipinski definition) is 1. The second-order valence-electron chi connectivity index (χ2n) is 4.26. The van der Waals surface area contributed by atoms with Crippen LogP contribution in [0.15, 0.2) is 23.8 Å². The summed E-state index contributed by atoms with van der Waals surface area (Å²) in [6, 6.07) is 3.82. The Hall–Kier alpha value is -2.77. The lowest BCUT2D eigenvalue weighted by molar-refractivity contribution is -0.422. The molecule has 0 radical (unpaired) electrons. The second-order valence-corrected chi connectivity index (χ2v) is 4.26. The highest BCUT2D eigenvalue weighted by molar-refractivity contribution is 5.99. The summed E-state index contributed by atoms with van der Waals surface area (Å²) in [6.07, 6.45) is 2.58. The molecule has 0 saturated carbocycles. The number of nitro groups is 2. The molecular formula is C12H11N3O5. The molecule has 0 spiro atoms. The van der Waals surface area contributed by atoms with Gasteiger partial charge in [0.25, 0.3) is 0 Å². The highest BCUT2D eigenvalue weighted by atomic mass is 16.6. The quantitative estimate of drug-likeness (QED) is 0.513. The fraction of sp³-hybridized carbons (Fsp3) is 0.250. The number of piperidine rings is 1. The van der Waals surface area contributed by atoms with Crippen LogP contribution in [0.2, 0.25) is 0 Å². The molecule has 8 nitrogen and oxygen atoms in total. The zero-order valence-corrected chi connectivity index (χ0v) is 10.4. The number of carbonyl (C=O) groups is 1. The smallest absolute Gasteiger partial charge is 0.352 e. The van der Waals surface area contributed by atoms with E-state index in [1.165, 1.54) is 18.2 Å². The van der Waals surface area contributed by atoms with E-state index in [9.17, 15) is 25.0 Å². The Balaban J connectivity index is 2.54. The van der Waals surface area contributed by atoms with E-state index in [0.29, 0.717) is 18.5 Å². The predicted molar refractivity (Wildman–Crippen MR) is 70.0 cm³/mol. The lowest BCUT2D eigenvalue weighted by Crippen LogP contribution is -2.30. The minimum Gasteiger partial charge on any atom is -0.352 e. The molecule has 1 aliphatic heterocycles. The van der Waals surface area contributed by atoms with Crippen LogP contribution >= 0.6 is 0 Å². The number of amides is 1. The van der Waals surface area contributed by atoms with Crippen molar-refractivity contribution >= 4 is 23.4 Å². The number of nitro benzene ring substituents is 2. The SMILES string of the molecule is O=C1NCCC/C1=C\c1cccc([N+](=O)[O-])c1[N+](=O)[O-]. The average Bonchev–Trinajstić information content (AvgIpc) is 2.40. The third kappa shape index (κ3) is 2.63. The highest BCUT2D eigenvalue weighted by Crippen LogP contribution is 2.32. The number of benzene rings is 1. The Morgan fingerprint density at radius 3 is 2.55 bits per heavy atom. The maximum Gasteiger partial charge on any atom is 0.353 e.